The van der Waals surface area contributed by atoms with Crippen molar-refractivity contribution in [3.8, 4) is 0 Å². The van der Waals surface area contributed by atoms with Crippen LogP contribution in [-0.2, 0) is 20.7 Å². The van der Waals surface area contributed by atoms with Gasteiger partial charge in [0, 0.05) is 24.7 Å². The number of nitro benzene ring substituents is 1. The van der Waals surface area contributed by atoms with Gasteiger partial charge < -0.3 is 9.64 Å². The standard InChI is InChI=1S/C17H24N2O5/c1-13(2)8-10-18(11-9-17(21)24-3)16(20)12-14-6-4-5-7-15(14)19(22)23/h4-7,13H,8-12H2,1-3H3. The number of carbonyl (C=O) groups excluding carboxylic acids is 2. The summed E-state index contributed by atoms with van der Waals surface area (Å²) in [5.74, 6) is -0.207. The molecule has 0 unspecified atom stereocenters. The Morgan fingerprint density at radius 1 is 1.25 bits per heavy atom. The summed E-state index contributed by atoms with van der Waals surface area (Å²) in [6.07, 6.45) is 0.845. The molecule has 0 atom stereocenters. The second-order valence-corrected chi connectivity index (χ2v) is 5.95. The van der Waals surface area contributed by atoms with Gasteiger partial charge in [0.1, 0.15) is 0 Å². The molecule has 7 heteroatoms. The molecule has 24 heavy (non-hydrogen) atoms. The van der Waals surface area contributed by atoms with E-state index in [2.05, 4.69) is 4.74 Å². The van der Waals surface area contributed by atoms with E-state index < -0.39 is 4.92 Å². The van der Waals surface area contributed by atoms with Crippen LogP contribution in [0.1, 0.15) is 32.3 Å². The molecule has 132 valence electrons. The van der Waals surface area contributed by atoms with Gasteiger partial charge in [-0.2, -0.15) is 0 Å². The fraction of sp³-hybridized carbons (Fsp3) is 0.529. The predicted molar refractivity (Wildman–Crippen MR) is 89.5 cm³/mol. The van der Waals surface area contributed by atoms with Crippen molar-refractivity contribution in [2.75, 3.05) is 20.2 Å². The summed E-state index contributed by atoms with van der Waals surface area (Å²) in [6.45, 7) is 4.85. The molecule has 0 spiro atoms. The summed E-state index contributed by atoms with van der Waals surface area (Å²) in [5, 5.41) is 11.1. The topological polar surface area (TPSA) is 89.8 Å². The molecule has 0 bridgehead atoms. The van der Waals surface area contributed by atoms with Gasteiger partial charge in [0.2, 0.25) is 5.91 Å². The summed E-state index contributed by atoms with van der Waals surface area (Å²) >= 11 is 0. The summed E-state index contributed by atoms with van der Waals surface area (Å²) in [6, 6.07) is 6.20. The molecule has 1 aromatic rings. The van der Waals surface area contributed by atoms with E-state index in [0.29, 0.717) is 18.0 Å². The molecule has 0 aliphatic heterocycles. The largest absolute Gasteiger partial charge is 0.469 e. The summed E-state index contributed by atoms with van der Waals surface area (Å²) in [5.41, 5.74) is 0.308. The monoisotopic (exact) mass is 336 g/mol. The minimum Gasteiger partial charge on any atom is -0.469 e. The highest BCUT2D eigenvalue weighted by Crippen LogP contribution is 2.19. The fourth-order valence-electron chi connectivity index (χ4n) is 2.22. The molecule has 0 heterocycles. The molecule has 0 aliphatic carbocycles. The maximum Gasteiger partial charge on any atom is 0.307 e. The van der Waals surface area contributed by atoms with Crippen molar-refractivity contribution in [2.45, 2.75) is 33.1 Å². The van der Waals surface area contributed by atoms with E-state index in [1.165, 1.54) is 13.2 Å². The first kappa shape index (κ1) is 19.6. The van der Waals surface area contributed by atoms with E-state index in [9.17, 15) is 19.7 Å². The van der Waals surface area contributed by atoms with E-state index in [0.717, 1.165) is 6.42 Å². The number of esters is 1. The minimum atomic E-state index is -0.491. The van der Waals surface area contributed by atoms with E-state index in [4.69, 9.17) is 0 Å². The van der Waals surface area contributed by atoms with E-state index >= 15 is 0 Å². The average Bonchev–Trinajstić information content (AvgIpc) is 2.54. The average molecular weight is 336 g/mol. The van der Waals surface area contributed by atoms with E-state index in [1.807, 2.05) is 13.8 Å². The Balaban J connectivity index is 2.83. The lowest BCUT2D eigenvalue weighted by atomic mass is 10.1. The Hall–Kier alpha value is -2.44. The zero-order valence-corrected chi connectivity index (χ0v) is 14.4. The van der Waals surface area contributed by atoms with Crippen LogP contribution in [0.5, 0.6) is 0 Å². The Kier molecular flexibility index (Phi) is 7.88. The Morgan fingerprint density at radius 2 is 1.92 bits per heavy atom. The number of hydrogen-bond acceptors (Lipinski definition) is 5. The zero-order valence-electron chi connectivity index (χ0n) is 14.4. The van der Waals surface area contributed by atoms with Gasteiger partial charge in [-0.3, -0.25) is 19.7 Å². The second kappa shape index (κ2) is 9.64. The number of nitro groups is 1. The third-order valence-electron chi connectivity index (χ3n) is 3.67. The molecule has 1 rings (SSSR count). The molecule has 0 saturated heterocycles. The molecule has 0 aliphatic rings. The SMILES string of the molecule is COC(=O)CCN(CCC(C)C)C(=O)Cc1ccccc1[N+](=O)[O-]. The van der Waals surface area contributed by atoms with E-state index in [-0.39, 0.29) is 37.0 Å². The lowest BCUT2D eigenvalue weighted by Crippen LogP contribution is -2.35. The van der Waals surface area contributed by atoms with Crippen molar-refractivity contribution in [3.05, 3.63) is 39.9 Å². The number of ether oxygens (including phenoxy) is 1. The third kappa shape index (κ3) is 6.36. The van der Waals surface area contributed by atoms with Crippen LogP contribution in [0.2, 0.25) is 0 Å². The molecule has 0 aromatic heterocycles. The fourth-order valence-corrected chi connectivity index (χ4v) is 2.22. The van der Waals surface area contributed by atoms with Gasteiger partial charge in [-0.05, 0) is 12.3 Å². The molecular formula is C17H24N2O5. The molecule has 0 radical (unpaired) electrons. The Labute approximate surface area is 141 Å². The number of benzene rings is 1. The van der Waals surface area contributed by atoms with Gasteiger partial charge in [-0.25, -0.2) is 0 Å². The van der Waals surface area contributed by atoms with Gasteiger partial charge in [-0.15, -0.1) is 0 Å². The number of para-hydroxylation sites is 1. The predicted octanol–water partition coefficient (Wildman–Crippen LogP) is 2.58. The van der Waals surface area contributed by atoms with Crippen LogP contribution in [0.25, 0.3) is 0 Å². The third-order valence-corrected chi connectivity index (χ3v) is 3.67. The van der Waals surface area contributed by atoms with Crippen LogP contribution in [0, 0.1) is 16.0 Å². The smallest absolute Gasteiger partial charge is 0.307 e. The lowest BCUT2D eigenvalue weighted by molar-refractivity contribution is -0.385. The molecule has 0 N–H and O–H groups in total. The van der Waals surface area contributed by atoms with Gasteiger partial charge in [-0.1, -0.05) is 32.0 Å². The summed E-state index contributed by atoms with van der Waals surface area (Å²) in [4.78, 5) is 36.0. The van der Waals surface area contributed by atoms with Crippen LogP contribution >= 0.6 is 0 Å². The van der Waals surface area contributed by atoms with Crippen molar-refractivity contribution in [2.24, 2.45) is 5.92 Å². The number of carbonyl (C=O) groups is 2. The molecule has 7 nitrogen and oxygen atoms in total. The van der Waals surface area contributed by atoms with Gasteiger partial charge >= 0.3 is 5.97 Å². The lowest BCUT2D eigenvalue weighted by Gasteiger charge is -2.23. The molecule has 1 aromatic carbocycles. The maximum atomic E-state index is 12.6. The number of rotatable bonds is 9. The van der Waals surface area contributed by atoms with Crippen LogP contribution in [0.3, 0.4) is 0 Å². The highest BCUT2D eigenvalue weighted by molar-refractivity contribution is 5.80. The number of methoxy groups -OCH3 is 1. The first-order valence-electron chi connectivity index (χ1n) is 7.92. The summed E-state index contributed by atoms with van der Waals surface area (Å²) in [7, 11) is 1.30. The van der Waals surface area contributed by atoms with Crippen molar-refractivity contribution in [3.63, 3.8) is 0 Å². The van der Waals surface area contributed by atoms with Crippen molar-refractivity contribution in [1.29, 1.82) is 0 Å². The second-order valence-electron chi connectivity index (χ2n) is 5.95. The first-order chi connectivity index (χ1) is 11.3. The normalized spacial score (nSPS) is 10.5. The first-order valence-corrected chi connectivity index (χ1v) is 7.92. The van der Waals surface area contributed by atoms with Crippen LogP contribution in [0.4, 0.5) is 5.69 Å². The van der Waals surface area contributed by atoms with Crippen molar-refractivity contribution < 1.29 is 19.2 Å². The van der Waals surface area contributed by atoms with Gasteiger partial charge in [0.25, 0.3) is 5.69 Å². The van der Waals surface area contributed by atoms with Crippen LogP contribution < -0.4 is 0 Å². The highest BCUT2D eigenvalue weighted by Gasteiger charge is 2.20. The van der Waals surface area contributed by atoms with Crippen molar-refractivity contribution in [1.82, 2.24) is 4.90 Å². The quantitative estimate of drug-likeness (QED) is 0.393. The molecule has 0 saturated carbocycles. The Bertz CT molecular complexity index is 586. The zero-order chi connectivity index (χ0) is 18.1. The van der Waals surface area contributed by atoms with E-state index in [1.54, 1.807) is 23.1 Å². The minimum absolute atomic E-state index is 0.0591. The number of hydrogen-bond donors (Lipinski definition) is 0. The maximum absolute atomic E-state index is 12.6. The molecule has 0 fully saturated rings. The van der Waals surface area contributed by atoms with Gasteiger partial charge in [0.05, 0.1) is 24.9 Å². The number of amides is 1. The van der Waals surface area contributed by atoms with Crippen LogP contribution in [0.15, 0.2) is 24.3 Å². The highest BCUT2D eigenvalue weighted by atomic mass is 16.6. The number of nitrogens with zero attached hydrogens (tertiary/aromatic N) is 2. The molecular weight excluding hydrogens is 312 g/mol. The molecule has 1 amide bonds. The van der Waals surface area contributed by atoms with Crippen molar-refractivity contribution >= 4 is 17.6 Å². The summed E-state index contributed by atoms with van der Waals surface area (Å²) < 4.78 is 4.61. The Morgan fingerprint density at radius 3 is 2.50 bits per heavy atom. The van der Waals surface area contributed by atoms with Crippen LogP contribution in [-0.4, -0.2) is 41.9 Å². The van der Waals surface area contributed by atoms with Gasteiger partial charge in [0.15, 0.2) is 0 Å².